The summed E-state index contributed by atoms with van der Waals surface area (Å²) in [7, 11) is 3.63. The highest BCUT2D eigenvalue weighted by Gasteiger charge is 2.03. The smallest absolute Gasteiger partial charge is 0.203 e. The zero-order chi connectivity index (χ0) is 15.1. The van der Waals surface area contributed by atoms with Crippen LogP contribution in [0.4, 0.5) is 5.82 Å². The van der Waals surface area contributed by atoms with E-state index < -0.39 is 0 Å². The topological polar surface area (TPSA) is 71.1 Å². The molecule has 0 aliphatic rings. The van der Waals surface area contributed by atoms with Crippen molar-refractivity contribution >= 4 is 17.7 Å². The number of carbonyl (C=O) groups is 1. The molecule has 0 aliphatic heterocycles. The monoisotopic (exact) mass is 286 g/mol. The molecule has 2 aromatic heterocycles. The SMILES string of the molecule is COCCN(C)c1ccc(C=CC(=O)c2cnc[nH]2)cn1. The fourth-order valence-corrected chi connectivity index (χ4v) is 1.72. The second kappa shape index (κ2) is 7.35. The minimum atomic E-state index is -0.117. The normalized spacial score (nSPS) is 11.0. The molecule has 0 aromatic carbocycles. The summed E-state index contributed by atoms with van der Waals surface area (Å²) in [4.78, 5) is 24.7. The van der Waals surface area contributed by atoms with E-state index in [1.165, 1.54) is 18.6 Å². The molecular formula is C15H18N4O2. The van der Waals surface area contributed by atoms with E-state index in [-0.39, 0.29) is 5.78 Å². The fourth-order valence-electron chi connectivity index (χ4n) is 1.72. The number of methoxy groups -OCH3 is 1. The number of imidazole rings is 1. The number of ketones is 1. The van der Waals surface area contributed by atoms with E-state index in [1.54, 1.807) is 19.4 Å². The lowest BCUT2D eigenvalue weighted by Gasteiger charge is -2.17. The van der Waals surface area contributed by atoms with Crippen molar-refractivity contribution in [3.8, 4) is 0 Å². The van der Waals surface area contributed by atoms with Crippen LogP contribution in [0.1, 0.15) is 16.1 Å². The van der Waals surface area contributed by atoms with Crippen LogP contribution in [0.25, 0.3) is 6.08 Å². The zero-order valence-corrected chi connectivity index (χ0v) is 12.1. The molecule has 0 aliphatic carbocycles. The highest BCUT2D eigenvalue weighted by Crippen LogP contribution is 2.10. The molecule has 0 spiro atoms. The Morgan fingerprint density at radius 3 is 2.90 bits per heavy atom. The lowest BCUT2D eigenvalue weighted by atomic mass is 10.2. The largest absolute Gasteiger partial charge is 0.383 e. The van der Waals surface area contributed by atoms with Gasteiger partial charge in [-0.15, -0.1) is 0 Å². The van der Waals surface area contributed by atoms with Gasteiger partial charge in [-0.1, -0.05) is 0 Å². The van der Waals surface area contributed by atoms with Crippen molar-refractivity contribution in [1.82, 2.24) is 15.0 Å². The first kappa shape index (κ1) is 14.9. The number of pyridine rings is 1. The number of likely N-dealkylation sites (N-methyl/N-ethyl adjacent to an activating group) is 1. The van der Waals surface area contributed by atoms with Gasteiger partial charge in [-0.25, -0.2) is 9.97 Å². The van der Waals surface area contributed by atoms with Crippen LogP contribution in [0.2, 0.25) is 0 Å². The molecule has 0 bridgehead atoms. The van der Waals surface area contributed by atoms with E-state index in [0.717, 1.165) is 17.9 Å². The van der Waals surface area contributed by atoms with Gasteiger partial charge in [-0.2, -0.15) is 0 Å². The van der Waals surface area contributed by atoms with Crippen molar-refractivity contribution < 1.29 is 9.53 Å². The molecule has 0 saturated heterocycles. The lowest BCUT2D eigenvalue weighted by Crippen LogP contribution is -2.22. The van der Waals surface area contributed by atoms with E-state index in [1.807, 2.05) is 24.1 Å². The summed E-state index contributed by atoms with van der Waals surface area (Å²) in [5.74, 6) is 0.748. The Morgan fingerprint density at radius 1 is 1.43 bits per heavy atom. The molecule has 0 atom stereocenters. The summed E-state index contributed by atoms with van der Waals surface area (Å²) < 4.78 is 5.03. The standard InChI is InChI=1S/C15H18N4O2/c1-19(7-8-21-2)15-6-4-12(9-17-15)3-5-14(20)13-10-16-11-18-13/h3-6,9-11H,7-8H2,1-2H3,(H,16,18). The molecule has 0 amide bonds. The molecule has 0 saturated carbocycles. The van der Waals surface area contributed by atoms with Crippen LogP contribution >= 0.6 is 0 Å². The van der Waals surface area contributed by atoms with E-state index in [0.29, 0.717) is 12.3 Å². The highest BCUT2D eigenvalue weighted by atomic mass is 16.5. The van der Waals surface area contributed by atoms with Crippen molar-refractivity contribution in [3.05, 3.63) is 48.2 Å². The number of nitrogens with one attached hydrogen (secondary N) is 1. The molecule has 0 unspecified atom stereocenters. The molecule has 6 nitrogen and oxygen atoms in total. The molecule has 0 fully saturated rings. The number of hydrogen-bond donors (Lipinski definition) is 1. The maximum absolute atomic E-state index is 11.8. The first-order chi connectivity index (χ1) is 10.2. The Balaban J connectivity index is 1.97. The average Bonchev–Trinajstić information content (AvgIpc) is 3.05. The number of aromatic nitrogens is 3. The Labute approximate surface area is 123 Å². The van der Waals surface area contributed by atoms with Gasteiger partial charge in [0, 0.05) is 26.9 Å². The van der Waals surface area contributed by atoms with Gasteiger partial charge in [0.2, 0.25) is 5.78 Å². The van der Waals surface area contributed by atoms with Gasteiger partial charge in [0.05, 0.1) is 19.1 Å². The lowest BCUT2D eigenvalue weighted by molar-refractivity contribution is 0.104. The number of ether oxygens (including phenoxy) is 1. The summed E-state index contributed by atoms with van der Waals surface area (Å²) in [6.45, 7) is 1.43. The number of rotatable bonds is 7. The highest BCUT2D eigenvalue weighted by molar-refractivity contribution is 6.05. The predicted octanol–water partition coefficient (Wildman–Crippen LogP) is 1.78. The number of anilines is 1. The van der Waals surface area contributed by atoms with Gasteiger partial charge in [0.15, 0.2) is 0 Å². The van der Waals surface area contributed by atoms with Crippen LogP contribution in [-0.2, 0) is 4.74 Å². The number of aromatic amines is 1. The molecule has 2 heterocycles. The minimum absolute atomic E-state index is 0.117. The number of nitrogens with zero attached hydrogens (tertiary/aromatic N) is 3. The molecule has 2 aromatic rings. The summed E-state index contributed by atoms with van der Waals surface area (Å²) in [6.07, 6.45) is 7.94. The predicted molar refractivity (Wildman–Crippen MR) is 81.3 cm³/mol. The minimum Gasteiger partial charge on any atom is -0.383 e. The van der Waals surface area contributed by atoms with Crippen molar-refractivity contribution in [2.24, 2.45) is 0 Å². The maximum Gasteiger partial charge on any atom is 0.203 e. The summed E-state index contributed by atoms with van der Waals surface area (Å²) >= 11 is 0. The van der Waals surface area contributed by atoms with Crippen molar-refractivity contribution in [3.63, 3.8) is 0 Å². The first-order valence-electron chi connectivity index (χ1n) is 6.57. The van der Waals surface area contributed by atoms with Crippen LogP contribution in [0.15, 0.2) is 36.9 Å². The molecule has 2 rings (SSSR count). The third-order valence-corrected chi connectivity index (χ3v) is 2.98. The third-order valence-electron chi connectivity index (χ3n) is 2.98. The fraction of sp³-hybridized carbons (Fsp3) is 0.267. The van der Waals surface area contributed by atoms with Gasteiger partial charge < -0.3 is 14.6 Å². The number of allylic oxidation sites excluding steroid dienone is 1. The van der Waals surface area contributed by atoms with Crippen molar-refractivity contribution in [1.29, 1.82) is 0 Å². The van der Waals surface area contributed by atoms with Crippen molar-refractivity contribution in [2.45, 2.75) is 0 Å². The van der Waals surface area contributed by atoms with E-state index >= 15 is 0 Å². The quantitative estimate of drug-likeness (QED) is 0.620. The van der Waals surface area contributed by atoms with Crippen LogP contribution < -0.4 is 4.90 Å². The van der Waals surface area contributed by atoms with Crippen molar-refractivity contribution in [2.75, 3.05) is 32.2 Å². The van der Waals surface area contributed by atoms with Crippen LogP contribution in [0.3, 0.4) is 0 Å². The number of hydrogen-bond acceptors (Lipinski definition) is 5. The molecule has 6 heteroatoms. The van der Waals surface area contributed by atoms with Gasteiger partial charge in [-0.05, 0) is 29.8 Å². The van der Waals surface area contributed by atoms with E-state index in [4.69, 9.17) is 4.74 Å². The summed E-state index contributed by atoms with van der Waals surface area (Å²) in [6, 6.07) is 3.83. The second-order valence-corrected chi connectivity index (χ2v) is 4.53. The average molecular weight is 286 g/mol. The van der Waals surface area contributed by atoms with Gasteiger partial charge >= 0.3 is 0 Å². The third kappa shape index (κ3) is 4.25. The zero-order valence-electron chi connectivity index (χ0n) is 12.1. The van der Waals surface area contributed by atoms with Crippen LogP contribution in [0.5, 0.6) is 0 Å². The first-order valence-corrected chi connectivity index (χ1v) is 6.57. The Kier molecular flexibility index (Phi) is 5.22. The van der Waals surface area contributed by atoms with Crippen LogP contribution in [-0.4, -0.2) is 48.0 Å². The molecule has 0 radical (unpaired) electrons. The molecule has 110 valence electrons. The number of H-pyrrole nitrogens is 1. The maximum atomic E-state index is 11.8. The number of carbonyl (C=O) groups excluding carboxylic acids is 1. The van der Waals surface area contributed by atoms with E-state index in [9.17, 15) is 4.79 Å². The summed E-state index contributed by atoms with van der Waals surface area (Å²) in [5, 5.41) is 0. The molecular weight excluding hydrogens is 268 g/mol. The summed E-state index contributed by atoms with van der Waals surface area (Å²) in [5.41, 5.74) is 1.34. The van der Waals surface area contributed by atoms with Gasteiger partial charge in [0.25, 0.3) is 0 Å². The Morgan fingerprint density at radius 2 is 2.29 bits per heavy atom. The Bertz CT molecular complexity index is 591. The van der Waals surface area contributed by atoms with Gasteiger partial charge in [-0.3, -0.25) is 4.79 Å². The Hall–Kier alpha value is -2.47. The van der Waals surface area contributed by atoms with Crippen LogP contribution in [0, 0.1) is 0 Å². The van der Waals surface area contributed by atoms with E-state index in [2.05, 4.69) is 15.0 Å². The molecule has 1 N–H and O–H groups in total. The molecule has 21 heavy (non-hydrogen) atoms. The second-order valence-electron chi connectivity index (χ2n) is 4.53. The van der Waals surface area contributed by atoms with Gasteiger partial charge in [0.1, 0.15) is 11.5 Å².